The van der Waals surface area contributed by atoms with E-state index in [1.807, 2.05) is 4.90 Å². The van der Waals surface area contributed by atoms with E-state index in [0.29, 0.717) is 37.0 Å². The predicted octanol–water partition coefficient (Wildman–Crippen LogP) is 0.361. The Morgan fingerprint density at radius 1 is 1.23 bits per heavy atom. The Labute approximate surface area is 132 Å². The number of ether oxygens (including phenoxy) is 1. The van der Waals surface area contributed by atoms with Crippen molar-refractivity contribution in [1.82, 2.24) is 9.80 Å². The van der Waals surface area contributed by atoms with Crippen LogP contribution < -0.4 is 10.5 Å². The van der Waals surface area contributed by atoms with Crippen LogP contribution in [0.5, 0.6) is 5.75 Å². The van der Waals surface area contributed by atoms with Gasteiger partial charge in [-0.3, -0.25) is 14.9 Å². The Balaban J connectivity index is 1.80. The van der Waals surface area contributed by atoms with Crippen molar-refractivity contribution in [2.45, 2.75) is 0 Å². The average Bonchev–Trinajstić information content (AvgIpc) is 2.53. The summed E-state index contributed by atoms with van der Waals surface area (Å²) in [5, 5.41) is 10.9. The van der Waals surface area contributed by atoms with E-state index >= 15 is 0 Å². The third-order valence-corrected chi connectivity index (χ3v) is 3.61. The van der Waals surface area contributed by atoms with Gasteiger partial charge in [0.1, 0.15) is 5.75 Å². The van der Waals surface area contributed by atoms with E-state index in [2.05, 4.69) is 0 Å². The van der Waals surface area contributed by atoms with Crippen LogP contribution in [0.25, 0.3) is 0 Å². The third-order valence-electron chi connectivity index (χ3n) is 3.35. The van der Waals surface area contributed by atoms with Gasteiger partial charge in [-0.05, 0) is 24.4 Å². The molecule has 1 fully saturated rings. The summed E-state index contributed by atoms with van der Waals surface area (Å²) < 4.78 is 5.35. The first-order valence-electron chi connectivity index (χ1n) is 6.67. The van der Waals surface area contributed by atoms with Crippen molar-refractivity contribution in [3.05, 3.63) is 34.4 Å². The number of piperazine rings is 1. The molecule has 0 aromatic heterocycles. The zero-order valence-electron chi connectivity index (χ0n) is 11.8. The largest absolute Gasteiger partial charge is 0.484 e. The summed E-state index contributed by atoms with van der Waals surface area (Å²) in [6, 6.07) is 5.61. The van der Waals surface area contributed by atoms with E-state index in [9.17, 15) is 14.9 Å². The van der Waals surface area contributed by atoms with E-state index in [0.717, 1.165) is 0 Å². The molecule has 0 aliphatic carbocycles. The van der Waals surface area contributed by atoms with Crippen LogP contribution in [0.2, 0.25) is 0 Å². The maximum absolute atomic E-state index is 12.0. The molecule has 1 aromatic rings. The van der Waals surface area contributed by atoms with E-state index < -0.39 is 4.92 Å². The maximum atomic E-state index is 12.0. The summed E-state index contributed by atoms with van der Waals surface area (Å²) in [5.74, 6) is 0.279. The molecule has 2 N–H and O–H groups in total. The van der Waals surface area contributed by atoms with Crippen molar-refractivity contribution in [3.8, 4) is 5.75 Å². The number of benzene rings is 1. The molecule has 1 amide bonds. The van der Waals surface area contributed by atoms with Gasteiger partial charge in [0.05, 0.1) is 4.92 Å². The second-order valence-corrected chi connectivity index (χ2v) is 5.16. The van der Waals surface area contributed by atoms with Crippen LogP contribution in [0.15, 0.2) is 24.3 Å². The molecule has 9 heteroatoms. The topological polar surface area (TPSA) is 102 Å². The van der Waals surface area contributed by atoms with Crippen molar-refractivity contribution in [3.63, 3.8) is 0 Å². The second-order valence-electron chi connectivity index (χ2n) is 4.75. The zero-order chi connectivity index (χ0) is 16.1. The smallest absolute Gasteiger partial charge is 0.269 e. The molecule has 1 aromatic carbocycles. The molecule has 0 bridgehead atoms. The monoisotopic (exact) mass is 324 g/mol. The van der Waals surface area contributed by atoms with Gasteiger partial charge in [0.25, 0.3) is 11.6 Å². The van der Waals surface area contributed by atoms with Crippen LogP contribution in [0, 0.1) is 10.1 Å². The fourth-order valence-electron chi connectivity index (χ4n) is 2.08. The van der Waals surface area contributed by atoms with Gasteiger partial charge in [-0.1, -0.05) is 0 Å². The number of non-ortho nitro benzene ring substituents is 1. The predicted molar refractivity (Wildman–Crippen MR) is 83.5 cm³/mol. The molecular weight excluding hydrogens is 308 g/mol. The first kappa shape index (κ1) is 16.0. The van der Waals surface area contributed by atoms with Crippen molar-refractivity contribution in [2.75, 3.05) is 32.8 Å². The SMILES string of the molecule is NC(=S)N1CCN(C(=O)COc2ccc([N+](=O)[O-])cc2)CC1. The Kier molecular flexibility index (Phi) is 5.10. The fraction of sp³-hybridized carbons (Fsp3) is 0.385. The number of hydrogen-bond donors (Lipinski definition) is 1. The first-order chi connectivity index (χ1) is 10.5. The van der Waals surface area contributed by atoms with Gasteiger partial charge < -0.3 is 20.3 Å². The molecule has 118 valence electrons. The van der Waals surface area contributed by atoms with Gasteiger partial charge in [-0.2, -0.15) is 0 Å². The lowest BCUT2D eigenvalue weighted by atomic mass is 10.3. The van der Waals surface area contributed by atoms with Gasteiger partial charge in [0, 0.05) is 38.3 Å². The molecule has 1 aliphatic rings. The standard InChI is InChI=1S/C13H16N4O4S/c14-13(22)16-7-5-15(6-8-16)12(18)9-21-11-3-1-10(2-4-11)17(19)20/h1-4H,5-9H2,(H2,14,22). The second kappa shape index (κ2) is 7.03. The molecule has 0 unspecified atom stereocenters. The average molecular weight is 324 g/mol. The van der Waals surface area contributed by atoms with E-state index in [-0.39, 0.29) is 18.2 Å². The first-order valence-corrected chi connectivity index (χ1v) is 7.07. The minimum Gasteiger partial charge on any atom is -0.484 e. The lowest BCUT2D eigenvalue weighted by Crippen LogP contribution is -2.52. The molecule has 0 atom stereocenters. The van der Waals surface area contributed by atoms with Crippen LogP contribution in [0.3, 0.4) is 0 Å². The van der Waals surface area contributed by atoms with E-state index in [1.54, 1.807) is 4.90 Å². The number of carbonyl (C=O) groups excluding carboxylic acids is 1. The molecule has 0 spiro atoms. The third kappa shape index (κ3) is 4.04. The van der Waals surface area contributed by atoms with E-state index in [4.69, 9.17) is 22.7 Å². The number of nitrogens with zero attached hydrogens (tertiary/aromatic N) is 3. The maximum Gasteiger partial charge on any atom is 0.269 e. The van der Waals surface area contributed by atoms with Crippen molar-refractivity contribution in [2.24, 2.45) is 5.73 Å². The Morgan fingerprint density at radius 3 is 2.27 bits per heavy atom. The van der Waals surface area contributed by atoms with Crippen LogP contribution >= 0.6 is 12.2 Å². The number of nitro groups is 1. The number of nitro benzene ring substituents is 1. The summed E-state index contributed by atoms with van der Waals surface area (Å²) >= 11 is 4.89. The molecule has 0 saturated carbocycles. The number of amides is 1. The van der Waals surface area contributed by atoms with Crippen LogP contribution in [-0.2, 0) is 4.79 Å². The summed E-state index contributed by atoms with van der Waals surface area (Å²) in [6.07, 6.45) is 0. The van der Waals surface area contributed by atoms with Crippen LogP contribution in [0.4, 0.5) is 5.69 Å². The van der Waals surface area contributed by atoms with Gasteiger partial charge in [-0.15, -0.1) is 0 Å². The fourth-order valence-corrected chi connectivity index (χ4v) is 2.26. The Morgan fingerprint density at radius 2 is 1.77 bits per heavy atom. The summed E-state index contributed by atoms with van der Waals surface area (Å²) in [4.78, 5) is 25.6. The minimum absolute atomic E-state index is 0.0208. The molecule has 2 rings (SSSR count). The number of thiocarbonyl (C=S) groups is 1. The van der Waals surface area contributed by atoms with Gasteiger partial charge >= 0.3 is 0 Å². The number of nitrogens with two attached hydrogens (primary N) is 1. The Hall–Kier alpha value is -2.42. The molecule has 8 nitrogen and oxygen atoms in total. The molecule has 22 heavy (non-hydrogen) atoms. The highest BCUT2D eigenvalue weighted by Crippen LogP contribution is 2.17. The lowest BCUT2D eigenvalue weighted by molar-refractivity contribution is -0.384. The van der Waals surface area contributed by atoms with Crippen LogP contribution in [0.1, 0.15) is 0 Å². The summed E-state index contributed by atoms with van der Waals surface area (Å²) in [6.45, 7) is 2.20. The van der Waals surface area contributed by atoms with Crippen molar-refractivity contribution < 1.29 is 14.5 Å². The zero-order valence-corrected chi connectivity index (χ0v) is 12.6. The van der Waals surface area contributed by atoms with Crippen molar-refractivity contribution in [1.29, 1.82) is 0 Å². The van der Waals surface area contributed by atoms with Crippen molar-refractivity contribution >= 4 is 28.9 Å². The highest BCUT2D eigenvalue weighted by atomic mass is 32.1. The summed E-state index contributed by atoms with van der Waals surface area (Å²) in [5.41, 5.74) is 5.52. The molecule has 0 radical (unpaired) electrons. The number of rotatable bonds is 4. The molecular formula is C13H16N4O4S. The van der Waals surface area contributed by atoms with Gasteiger partial charge in [-0.25, -0.2) is 0 Å². The quantitative estimate of drug-likeness (QED) is 0.485. The minimum atomic E-state index is -0.490. The molecule has 1 saturated heterocycles. The van der Waals surface area contributed by atoms with Crippen LogP contribution in [-0.4, -0.2) is 58.5 Å². The number of hydrogen-bond acceptors (Lipinski definition) is 5. The number of carbonyl (C=O) groups is 1. The van der Waals surface area contributed by atoms with Gasteiger partial charge in [0.15, 0.2) is 11.7 Å². The highest BCUT2D eigenvalue weighted by Gasteiger charge is 2.21. The lowest BCUT2D eigenvalue weighted by Gasteiger charge is -2.34. The Bertz CT molecular complexity index is 570. The highest BCUT2D eigenvalue weighted by molar-refractivity contribution is 7.80. The molecule has 1 aliphatic heterocycles. The normalized spacial score (nSPS) is 14.5. The van der Waals surface area contributed by atoms with E-state index in [1.165, 1.54) is 24.3 Å². The van der Waals surface area contributed by atoms with Gasteiger partial charge in [0.2, 0.25) is 0 Å². The summed E-state index contributed by atoms with van der Waals surface area (Å²) in [7, 11) is 0. The molecule has 1 heterocycles.